The van der Waals surface area contributed by atoms with Gasteiger partial charge >= 0.3 is 0 Å². The smallest absolute Gasteiger partial charge is 0.224 e. The molecule has 0 radical (unpaired) electrons. The Morgan fingerprint density at radius 1 is 1.36 bits per heavy atom. The molecule has 0 aliphatic carbocycles. The second-order valence-corrected chi connectivity index (χ2v) is 8.57. The van der Waals surface area contributed by atoms with Crippen LogP contribution in [0.4, 0.5) is 0 Å². The lowest BCUT2D eigenvalue weighted by Crippen LogP contribution is -2.50. The Morgan fingerprint density at radius 2 is 2.16 bits per heavy atom. The van der Waals surface area contributed by atoms with Crippen molar-refractivity contribution >= 4 is 17.7 Å². The third-order valence-corrected chi connectivity index (χ3v) is 6.71. The van der Waals surface area contributed by atoms with Crippen LogP contribution in [-0.4, -0.2) is 65.5 Å². The number of nitrogens with one attached hydrogen (secondary N) is 1. The molecule has 2 saturated heterocycles. The van der Waals surface area contributed by atoms with Crippen molar-refractivity contribution < 1.29 is 4.79 Å². The summed E-state index contributed by atoms with van der Waals surface area (Å²) in [6.45, 7) is 5.40. The van der Waals surface area contributed by atoms with Crippen LogP contribution in [0.2, 0.25) is 0 Å². The van der Waals surface area contributed by atoms with Gasteiger partial charge in [0, 0.05) is 62.7 Å². The molecule has 2 fully saturated rings. The van der Waals surface area contributed by atoms with E-state index in [-0.39, 0.29) is 0 Å². The fourth-order valence-electron chi connectivity index (χ4n) is 3.91. The first-order valence-corrected chi connectivity index (χ1v) is 10.6. The van der Waals surface area contributed by atoms with Gasteiger partial charge in [-0.05, 0) is 25.3 Å². The lowest BCUT2D eigenvalue weighted by molar-refractivity contribution is -0.133. The molecule has 5 heteroatoms. The minimum absolute atomic E-state index is 0.300. The van der Waals surface area contributed by atoms with Crippen LogP contribution in [0.25, 0.3) is 0 Å². The summed E-state index contributed by atoms with van der Waals surface area (Å²) in [7, 11) is 2.00. The Bertz CT molecular complexity index is 547. The monoisotopic (exact) mass is 361 g/mol. The van der Waals surface area contributed by atoms with Gasteiger partial charge in [0.05, 0.1) is 0 Å². The molecular weight excluding hydrogens is 330 g/mol. The Kier molecular flexibility index (Phi) is 6.79. The van der Waals surface area contributed by atoms with E-state index in [9.17, 15) is 4.79 Å². The van der Waals surface area contributed by atoms with E-state index in [0.717, 1.165) is 44.0 Å². The van der Waals surface area contributed by atoms with Crippen molar-refractivity contribution in [2.45, 2.75) is 50.9 Å². The molecule has 3 unspecified atom stereocenters. The number of hydrogen-bond donors (Lipinski definition) is 1. The van der Waals surface area contributed by atoms with Crippen LogP contribution in [0.1, 0.15) is 31.7 Å². The molecule has 2 aliphatic rings. The second-order valence-electron chi connectivity index (χ2n) is 7.42. The van der Waals surface area contributed by atoms with Crippen LogP contribution in [0, 0.1) is 0 Å². The first-order valence-electron chi connectivity index (χ1n) is 9.48. The standard InChI is InChI=1S/C20H31N3OS/c1-16-12-19(8-10-23(16)14-17-6-4-3-5-7-17)22(2)20(24)13-18-15-25-11-9-21-18/h3-7,16,18-19,21H,8-15H2,1-2H3. The van der Waals surface area contributed by atoms with Crippen LogP contribution < -0.4 is 5.32 Å². The van der Waals surface area contributed by atoms with Crippen molar-refractivity contribution in [3.05, 3.63) is 35.9 Å². The summed E-state index contributed by atoms with van der Waals surface area (Å²) in [6.07, 6.45) is 2.79. The molecule has 4 nitrogen and oxygen atoms in total. The van der Waals surface area contributed by atoms with Crippen molar-refractivity contribution in [2.24, 2.45) is 0 Å². The van der Waals surface area contributed by atoms with Gasteiger partial charge in [0.1, 0.15) is 0 Å². The van der Waals surface area contributed by atoms with Gasteiger partial charge in [0.15, 0.2) is 0 Å². The number of thioether (sulfide) groups is 1. The number of nitrogens with zero attached hydrogens (tertiary/aromatic N) is 2. The molecule has 0 spiro atoms. The Balaban J connectivity index is 1.48. The van der Waals surface area contributed by atoms with Gasteiger partial charge in [-0.15, -0.1) is 0 Å². The number of likely N-dealkylation sites (tertiary alicyclic amines) is 1. The highest BCUT2D eigenvalue weighted by atomic mass is 32.2. The summed E-state index contributed by atoms with van der Waals surface area (Å²) >= 11 is 1.95. The topological polar surface area (TPSA) is 35.6 Å². The minimum atomic E-state index is 0.300. The molecule has 1 aromatic rings. The van der Waals surface area contributed by atoms with Gasteiger partial charge in [-0.25, -0.2) is 0 Å². The Hall–Kier alpha value is -1.04. The van der Waals surface area contributed by atoms with Crippen molar-refractivity contribution in [3.63, 3.8) is 0 Å². The number of piperidine rings is 1. The maximum atomic E-state index is 12.7. The summed E-state index contributed by atoms with van der Waals surface area (Å²) < 4.78 is 0. The van der Waals surface area contributed by atoms with E-state index in [1.165, 1.54) is 5.56 Å². The molecule has 0 bridgehead atoms. The van der Waals surface area contributed by atoms with Crippen molar-refractivity contribution in [3.8, 4) is 0 Å². The van der Waals surface area contributed by atoms with E-state index in [0.29, 0.717) is 30.5 Å². The van der Waals surface area contributed by atoms with Crippen molar-refractivity contribution in [1.29, 1.82) is 0 Å². The third kappa shape index (κ3) is 5.22. The number of carbonyl (C=O) groups is 1. The highest BCUT2D eigenvalue weighted by Crippen LogP contribution is 2.24. The van der Waals surface area contributed by atoms with Crippen LogP contribution in [0.3, 0.4) is 0 Å². The van der Waals surface area contributed by atoms with E-state index < -0.39 is 0 Å². The molecule has 1 N–H and O–H groups in total. The zero-order valence-corrected chi connectivity index (χ0v) is 16.3. The molecule has 0 aromatic heterocycles. The molecule has 25 heavy (non-hydrogen) atoms. The summed E-state index contributed by atoms with van der Waals surface area (Å²) in [4.78, 5) is 17.2. The van der Waals surface area contributed by atoms with Gasteiger partial charge in [-0.1, -0.05) is 30.3 Å². The zero-order chi connectivity index (χ0) is 17.6. The number of carbonyl (C=O) groups excluding carboxylic acids is 1. The third-order valence-electron chi connectivity index (χ3n) is 5.58. The van der Waals surface area contributed by atoms with Gasteiger partial charge < -0.3 is 10.2 Å². The predicted octanol–water partition coefficient (Wildman–Crippen LogP) is 2.59. The largest absolute Gasteiger partial charge is 0.343 e. The van der Waals surface area contributed by atoms with E-state index in [1.54, 1.807) is 0 Å². The summed E-state index contributed by atoms with van der Waals surface area (Å²) in [5.74, 6) is 2.53. The average molecular weight is 362 g/mol. The molecule has 138 valence electrons. The van der Waals surface area contributed by atoms with E-state index >= 15 is 0 Å². The molecule has 1 amide bonds. The first-order chi connectivity index (χ1) is 12.1. The molecule has 1 aromatic carbocycles. The van der Waals surface area contributed by atoms with Crippen molar-refractivity contribution in [2.75, 3.05) is 31.6 Å². The summed E-state index contributed by atoms with van der Waals surface area (Å²) in [6, 6.07) is 11.9. The van der Waals surface area contributed by atoms with Crippen LogP contribution in [-0.2, 0) is 11.3 Å². The first kappa shape index (κ1) is 18.7. The lowest BCUT2D eigenvalue weighted by Gasteiger charge is -2.41. The minimum Gasteiger partial charge on any atom is -0.343 e. The number of hydrogen-bond acceptors (Lipinski definition) is 4. The molecule has 3 atom stereocenters. The SMILES string of the molecule is CC1CC(N(C)C(=O)CC2CSCCN2)CCN1Cc1ccccc1. The quantitative estimate of drug-likeness (QED) is 0.874. The Morgan fingerprint density at radius 3 is 2.84 bits per heavy atom. The molecule has 2 aliphatic heterocycles. The van der Waals surface area contributed by atoms with Gasteiger partial charge in [-0.3, -0.25) is 9.69 Å². The predicted molar refractivity (Wildman–Crippen MR) is 106 cm³/mol. The van der Waals surface area contributed by atoms with E-state index in [2.05, 4.69) is 47.5 Å². The average Bonchev–Trinajstić information content (AvgIpc) is 2.64. The zero-order valence-electron chi connectivity index (χ0n) is 15.5. The van der Waals surface area contributed by atoms with Crippen molar-refractivity contribution in [1.82, 2.24) is 15.1 Å². The molecular formula is C20H31N3OS. The highest BCUT2D eigenvalue weighted by Gasteiger charge is 2.30. The summed E-state index contributed by atoms with van der Waals surface area (Å²) in [5, 5.41) is 3.47. The summed E-state index contributed by atoms with van der Waals surface area (Å²) in [5.41, 5.74) is 1.37. The van der Waals surface area contributed by atoms with Crippen LogP contribution in [0.15, 0.2) is 30.3 Å². The second kappa shape index (κ2) is 9.06. The highest BCUT2D eigenvalue weighted by molar-refractivity contribution is 7.99. The molecule has 2 heterocycles. The number of benzene rings is 1. The number of rotatable bonds is 5. The molecule has 0 saturated carbocycles. The van der Waals surface area contributed by atoms with Crippen LogP contribution >= 0.6 is 11.8 Å². The van der Waals surface area contributed by atoms with Crippen LogP contribution in [0.5, 0.6) is 0 Å². The maximum absolute atomic E-state index is 12.7. The maximum Gasteiger partial charge on any atom is 0.224 e. The normalized spacial score (nSPS) is 27.8. The lowest BCUT2D eigenvalue weighted by atomic mass is 9.96. The Labute approximate surface area is 156 Å². The fourth-order valence-corrected chi connectivity index (χ4v) is 4.86. The van der Waals surface area contributed by atoms with Gasteiger partial charge in [0.2, 0.25) is 5.91 Å². The van der Waals surface area contributed by atoms with E-state index in [4.69, 9.17) is 0 Å². The molecule has 3 rings (SSSR count). The van der Waals surface area contributed by atoms with Gasteiger partial charge in [-0.2, -0.15) is 11.8 Å². The van der Waals surface area contributed by atoms with Gasteiger partial charge in [0.25, 0.3) is 0 Å². The fraction of sp³-hybridized carbons (Fsp3) is 0.650. The number of amides is 1. The van der Waals surface area contributed by atoms with E-state index in [1.807, 2.05) is 23.7 Å².